The molecule has 5 heteroatoms. The van der Waals surface area contributed by atoms with Crippen molar-refractivity contribution in [2.24, 2.45) is 5.73 Å². The summed E-state index contributed by atoms with van der Waals surface area (Å²) in [6, 6.07) is 0. The highest BCUT2D eigenvalue weighted by Crippen LogP contribution is 2.19. The summed E-state index contributed by atoms with van der Waals surface area (Å²) in [5, 5.41) is 0. The number of ether oxygens (including phenoxy) is 2. The second-order valence-corrected chi connectivity index (χ2v) is 13.5. The fourth-order valence-corrected chi connectivity index (χ4v) is 6.05. The Hall–Kier alpha value is -1.69. The van der Waals surface area contributed by atoms with E-state index in [4.69, 9.17) is 15.2 Å². The fraction of sp³-hybridized carbons (Fsp3) is 0.786. The highest BCUT2D eigenvalue weighted by Gasteiger charge is 2.36. The standard InChI is InChI=1S/C42H76N2O3/c1-3-5-7-9-11-13-15-17-19-21-23-25-27-29-31-33-35-46-40-38-44(42(45)37-43)39-41(40)47-36-34-32-30-28-26-24-22-20-18-16-14-12-10-8-6-4-2/h11-14,17-20,40-41H,3-10,15-16,21-39,43H2,1-2H3/b13-11-,14-12-,19-17-,20-18-/t40-,41?/m1/s1. The minimum absolute atomic E-state index is 0.00728. The van der Waals surface area contributed by atoms with Crippen molar-refractivity contribution in [2.45, 2.75) is 180 Å². The predicted octanol–water partition coefficient (Wildman–Crippen LogP) is 11.2. The Morgan fingerprint density at radius 1 is 0.532 bits per heavy atom. The molecule has 0 bridgehead atoms. The van der Waals surface area contributed by atoms with Gasteiger partial charge in [0, 0.05) is 26.3 Å². The Labute approximate surface area is 291 Å². The fourth-order valence-electron chi connectivity index (χ4n) is 6.05. The smallest absolute Gasteiger partial charge is 0.236 e. The highest BCUT2D eigenvalue weighted by atomic mass is 16.5. The van der Waals surface area contributed by atoms with Gasteiger partial charge < -0.3 is 20.1 Å². The number of hydrogen-bond acceptors (Lipinski definition) is 4. The van der Waals surface area contributed by atoms with E-state index in [0.29, 0.717) is 13.1 Å². The summed E-state index contributed by atoms with van der Waals surface area (Å²) in [7, 11) is 0. The van der Waals surface area contributed by atoms with Crippen molar-refractivity contribution in [1.29, 1.82) is 0 Å². The van der Waals surface area contributed by atoms with Gasteiger partial charge in [0.25, 0.3) is 0 Å². The number of nitrogens with zero attached hydrogens (tertiary/aromatic N) is 1. The number of unbranched alkanes of at least 4 members (excludes halogenated alkanes) is 18. The molecule has 2 atom stereocenters. The number of nitrogens with two attached hydrogens (primary N) is 1. The molecule has 1 rings (SSSR count). The van der Waals surface area contributed by atoms with Crippen molar-refractivity contribution < 1.29 is 14.3 Å². The van der Waals surface area contributed by atoms with E-state index in [9.17, 15) is 4.79 Å². The van der Waals surface area contributed by atoms with E-state index in [1.807, 2.05) is 4.90 Å². The molecule has 0 spiro atoms. The third-order valence-corrected chi connectivity index (χ3v) is 9.10. The molecule has 5 nitrogen and oxygen atoms in total. The van der Waals surface area contributed by atoms with Crippen LogP contribution in [-0.4, -0.2) is 55.9 Å². The van der Waals surface area contributed by atoms with Gasteiger partial charge in [0.1, 0.15) is 12.2 Å². The lowest BCUT2D eigenvalue weighted by Crippen LogP contribution is -2.35. The zero-order valence-electron chi connectivity index (χ0n) is 31.0. The maximum absolute atomic E-state index is 12.2. The first-order valence-corrected chi connectivity index (χ1v) is 20.0. The summed E-state index contributed by atoms with van der Waals surface area (Å²) < 4.78 is 12.5. The zero-order chi connectivity index (χ0) is 33.9. The Bertz CT molecular complexity index is 748. The summed E-state index contributed by atoms with van der Waals surface area (Å²) >= 11 is 0. The number of likely N-dealkylation sites (tertiary alicyclic amines) is 1. The quantitative estimate of drug-likeness (QED) is 0.0564. The van der Waals surface area contributed by atoms with Gasteiger partial charge in [-0.25, -0.2) is 0 Å². The Balaban J connectivity index is 2.05. The lowest BCUT2D eigenvalue weighted by atomic mass is 10.1. The van der Waals surface area contributed by atoms with Gasteiger partial charge in [-0.05, 0) is 77.0 Å². The molecule has 0 aromatic heterocycles. The number of carbonyl (C=O) groups is 1. The maximum atomic E-state index is 12.2. The van der Waals surface area contributed by atoms with Crippen LogP contribution in [0.4, 0.5) is 0 Å². The largest absolute Gasteiger partial charge is 0.374 e. The third-order valence-electron chi connectivity index (χ3n) is 9.10. The summed E-state index contributed by atoms with van der Waals surface area (Å²) in [4.78, 5) is 14.1. The van der Waals surface area contributed by atoms with Crippen LogP contribution in [0.25, 0.3) is 0 Å². The molecule has 0 aromatic carbocycles. The van der Waals surface area contributed by atoms with Gasteiger partial charge in [0.2, 0.25) is 5.91 Å². The van der Waals surface area contributed by atoms with Crippen LogP contribution in [-0.2, 0) is 14.3 Å². The van der Waals surface area contributed by atoms with Crippen LogP contribution in [0.2, 0.25) is 0 Å². The topological polar surface area (TPSA) is 64.8 Å². The summed E-state index contributed by atoms with van der Waals surface area (Å²) in [5.41, 5.74) is 5.65. The summed E-state index contributed by atoms with van der Waals surface area (Å²) in [6.45, 7) is 7.26. The lowest BCUT2D eigenvalue weighted by molar-refractivity contribution is -0.129. The molecule has 0 aliphatic carbocycles. The first kappa shape index (κ1) is 43.3. The first-order valence-electron chi connectivity index (χ1n) is 20.0. The number of rotatable bonds is 33. The highest BCUT2D eigenvalue weighted by molar-refractivity contribution is 5.78. The Morgan fingerprint density at radius 3 is 1.23 bits per heavy atom. The van der Waals surface area contributed by atoms with Gasteiger partial charge in [-0.15, -0.1) is 0 Å². The molecule has 0 saturated carbocycles. The van der Waals surface area contributed by atoms with E-state index in [2.05, 4.69) is 62.5 Å². The molecule has 47 heavy (non-hydrogen) atoms. The second-order valence-electron chi connectivity index (χ2n) is 13.5. The van der Waals surface area contributed by atoms with E-state index < -0.39 is 0 Å². The monoisotopic (exact) mass is 657 g/mol. The first-order chi connectivity index (χ1) is 23.2. The van der Waals surface area contributed by atoms with E-state index in [1.165, 1.54) is 128 Å². The van der Waals surface area contributed by atoms with Crippen molar-refractivity contribution in [3.05, 3.63) is 48.6 Å². The molecule has 272 valence electrons. The van der Waals surface area contributed by atoms with Crippen LogP contribution < -0.4 is 5.73 Å². The molecule has 1 amide bonds. The third kappa shape index (κ3) is 26.9. The molecule has 0 radical (unpaired) electrons. The van der Waals surface area contributed by atoms with Crippen LogP contribution >= 0.6 is 0 Å². The summed E-state index contributed by atoms with van der Waals surface area (Å²) in [5.74, 6) is -0.00728. The van der Waals surface area contributed by atoms with Crippen LogP contribution in [0.3, 0.4) is 0 Å². The van der Waals surface area contributed by atoms with Crippen LogP contribution in [0.15, 0.2) is 48.6 Å². The molecule has 1 fully saturated rings. The van der Waals surface area contributed by atoms with E-state index >= 15 is 0 Å². The second kappa shape index (κ2) is 34.2. The molecule has 2 N–H and O–H groups in total. The minimum Gasteiger partial charge on any atom is -0.374 e. The Kier molecular flexibility index (Phi) is 31.5. The van der Waals surface area contributed by atoms with Crippen LogP contribution in [0.1, 0.15) is 168 Å². The number of allylic oxidation sites excluding steroid dienone is 8. The molecule has 1 heterocycles. The average Bonchev–Trinajstić information content (AvgIpc) is 3.49. The number of hydrogen-bond donors (Lipinski definition) is 1. The molecular formula is C42H76N2O3. The van der Waals surface area contributed by atoms with Crippen molar-refractivity contribution in [1.82, 2.24) is 4.90 Å². The maximum Gasteiger partial charge on any atom is 0.236 e. The predicted molar refractivity (Wildman–Crippen MR) is 204 cm³/mol. The van der Waals surface area contributed by atoms with Gasteiger partial charge in [-0.1, -0.05) is 140 Å². The van der Waals surface area contributed by atoms with Gasteiger partial charge in [-0.2, -0.15) is 0 Å². The molecule has 1 saturated heterocycles. The van der Waals surface area contributed by atoms with Crippen molar-refractivity contribution >= 4 is 5.91 Å². The van der Waals surface area contributed by atoms with Crippen molar-refractivity contribution in [3.8, 4) is 0 Å². The minimum atomic E-state index is -0.0342. The van der Waals surface area contributed by atoms with Crippen molar-refractivity contribution in [3.63, 3.8) is 0 Å². The van der Waals surface area contributed by atoms with E-state index in [-0.39, 0.29) is 24.7 Å². The molecule has 0 aromatic rings. The molecular weight excluding hydrogens is 580 g/mol. The molecule has 1 aliphatic rings. The molecule has 1 aliphatic heterocycles. The van der Waals surface area contributed by atoms with Crippen molar-refractivity contribution in [2.75, 3.05) is 32.8 Å². The van der Waals surface area contributed by atoms with Gasteiger partial charge in [0.15, 0.2) is 0 Å². The SMILES string of the molecule is CCCCC/C=C\C/C=C\CCCCCCCCOC1CN(C(=O)CN)C[C@H]1OCCCCCCCC/C=C\C/C=C\CCCCC. The molecule has 1 unspecified atom stereocenters. The number of carbonyl (C=O) groups excluding carboxylic acids is 1. The van der Waals surface area contributed by atoms with Crippen LogP contribution in [0.5, 0.6) is 0 Å². The zero-order valence-corrected chi connectivity index (χ0v) is 31.0. The normalized spacial score (nSPS) is 17.1. The van der Waals surface area contributed by atoms with Crippen LogP contribution in [0, 0.1) is 0 Å². The van der Waals surface area contributed by atoms with Gasteiger partial charge in [0.05, 0.1) is 6.54 Å². The summed E-state index contributed by atoms with van der Waals surface area (Å²) in [6.07, 6.45) is 48.3. The average molecular weight is 657 g/mol. The van der Waals surface area contributed by atoms with E-state index in [0.717, 1.165) is 38.9 Å². The van der Waals surface area contributed by atoms with E-state index in [1.54, 1.807) is 0 Å². The van der Waals surface area contributed by atoms with Gasteiger partial charge >= 0.3 is 0 Å². The Morgan fingerprint density at radius 2 is 0.872 bits per heavy atom. The number of amides is 1. The lowest BCUT2D eigenvalue weighted by Gasteiger charge is -2.19. The van der Waals surface area contributed by atoms with Gasteiger partial charge in [-0.3, -0.25) is 4.79 Å².